The van der Waals surface area contributed by atoms with E-state index in [9.17, 15) is 9.90 Å². The average molecular weight is 348 g/mol. The summed E-state index contributed by atoms with van der Waals surface area (Å²) in [6.45, 7) is 2.68. The molecule has 0 aromatic heterocycles. The summed E-state index contributed by atoms with van der Waals surface area (Å²) < 4.78 is 0.914. The van der Waals surface area contributed by atoms with Crippen LogP contribution >= 0.6 is 15.9 Å². The summed E-state index contributed by atoms with van der Waals surface area (Å²) in [5.41, 5.74) is 2.62. The highest BCUT2D eigenvalue weighted by molar-refractivity contribution is 9.10. The average Bonchev–Trinajstić information content (AvgIpc) is 2.50. The van der Waals surface area contributed by atoms with Crippen molar-refractivity contribution in [3.63, 3.8) is 0 Å². The molecule has 0 aliphatic carbocycles. The minimum atomic E-state index is -0.0632. The predicted molar refractivity (Wildman–Crippen MR) is 87.1 cm³/mol. The standard InChI is InChI=1S/C17H18BrNO2/c1-13-15(8-5-9-16(13)18)17(21)19(10-11-20)12-14-6-3-2-4-7-14/h2-9,20H,10-12H2,1H3. The van der Waals surface area contributed by atoms with E-state index in [1.807, 2.05) is 55.5 Å². The summed E-state index contributed by atoms with van der Waals surface area (Å²) >= 11 is 3.45. The van der Waals surface area contributed by atoms with Crippen molar-refractivity contribution < 1.29 is 9.90 Å². The molecule has 2 aromatic rings. The van der Waals surface area contributed by atoms with Crippen LogP contribution in [0.25, 0.3) is 0 Å². The molecule has 1 amide bonds. The number of aliphatic hydroxyl groups is 1. The number of carbonyl (C=O) groups excluding carboxylic acids is 1. The van der Waals surface area contributed by atoms with Gasteiger partial charge in [0, 0.05) is 23.1 Å². The number of amides is 1. The minimum Gasteiger partial charge on any atom is -0.395 e. The zero-order valence-electron chi connectivity index (χ0n) is 11.9. The Kier molecular flexibility index (Phi) is 5.53. The molecule has 0 bridgehead atoms. The van der Waals surface area contributed by atoms with Gasteiger partial charge in [0.25, 0.3) is 5.91 Å². The highest BCUT2D eigenvalue weighted by atomic mass is 79.9. The van der Waals surface area contributed by atoms with Gasteiger partial charge in [0.15, 0.2) is 0 Å². The minimum absolute atomic E-state index is 0.0500. The van der Waals surface area contributed by atoms with Crippen molar-refractivity contribution >= 4 is 21.8 Å². The number of hydrogen-bond acceptors (Lipinski definition) is 2. The molecular weight excluding hydrogens is 330 g/mol. The zero-order chi connectivity index (χ0) is 15.2. The van der Waals surface area contributed by atoms with Crippen LogP contribution in [0, 0.1) is 6.92 Å². The van der Waals surface area contributed by atoms with Crippen LogP contribution in [0.4, 0.5) is 0 Å². The molecule has 21 heavy (non-hydrogen) atoms. The van der Waals surface area contributed by atoms with E-state index in [2.05, 4.69) is 15.9 Å². The zero-order valence-corrected chi connectivity index (χ0v) is 13.5. The van der Waals surface area contributed by atoms with Crippen LogP contribution in [0.15, 0.2) is 53.0 Å². The molecule has 3 nitrogen and oxygen atoms in total. The molecule has 0 fully saturated rings. The third-order valence-electron chi connectivity index (χ3n) is 3.37. The Bertz CT molecular complexity index is 613. The predicted octanol–water partition coefficient (Wildman–Crippen LogP) is 3.39. The first-order chi connectivity index (χ1) is 10.1. The molecule has 2 aromatic carbocycles. The van der Waals surface area contributed by atoms with Gasteiger partial charge >= 0.3 is 0 Å². The Hall–Kier alpha value is -1.65. The first kappa shape index (κ1) is 15.7. The molecular formula is C17H18BrNO2. The maximum Gasteiger partial charge on any atom is 0.254 e. The molecule has 110 valence electrons. The van der Waals surface area contributed by atoms with Crippen LogP contribution in [0.1, 0.15) is 21.5 Å². The number of nitrogens with zero attached hydrogens (tertiary/aromatic N) is 1. The fraction of sp³-hybridized carbons (Fsp3) is 0.235. The smallest absolute Gasteiger partial charge is 0.254 e. The highest BCUT2D eigenvalue weighted by Gasteiger charge is 2.18. The van der Waals surface area contributed by atoms with Gasteiger partial charge in [0.1, 0.15) is 0 Å². The summed E-state index contributed by atoms with van der Waals surface area (Å²) in [5.74, 6) is -0.0632. The Balaban J connectivity index is 2.25. The molecule has 4 heteroatoms. The Morgan fingerprint density at radius 3 is 2.52 bits per heavy atom. The van der Waals surface area contributed by atoms with E-state index >= 15 is 0 Å². The molecule has 2 rings (SSSR count). The monoisotopic (exact) mass is 347 g/mol. The normalized spacial score (nSPS) is 10.4. The molecule has 0 atom stereocenters. The van der Waals surface area contributed by atoms with Crippen LogP contribution in [0.2, 0.25) is 0 Å². The second kappa shape index (κ2) is 7.38. The van der Waals surface area contributed by atoms with Crippen molar-refractivity contribution in [3.05, 3.63) is 69.7 Å². The van der Waals surface area contributed by atoms with Crippen molar-refractivity contribution in [3.8, 4) is 0 Å². The van der Waals surface area contributed by atoms with Gasteiger partial charge in [-0.15, -0.1) is 0 Å². The van der Waals surface area contributed by atoms with Gasteiger partial charge < -0.3 is 10.0 Å². The quantitative estimate of drug-likeness (QED) is 0.900. The largest absolute Gasteiger partial charge is 0.395 e. The Morgan fingerprint density at radius 1 is 1.14 bits per heavy atom. The van der Waals surface area contributed by atoms with Crippen LogP contribution in [-0.4, -0.2) is 29.1 Å². The molecule has 0 radical (unpaired) electrons. The SMILES string of the molecule is Cc1c(Br)cccc1C(=O)N(CCO)Cc1ccccc1. The van der Waals surface area contributed by atoms with Gasteiger partial charge in [0.05, 0.1) is 6.61 Å². The van der Waals surface area contributed by atoms with Crippen molar-refractivity contribution in [2.75, 3.05) is 13.2 Å². The second-order valence-corrected chi connectivity index (χ2v) is 5.70. The van der Waals surface area contributed by atoms with E-state index in [1.54, 1.807) is 4.90 Å². The van der Waals surface area contributed by atoms with Crippen LogP contribution in [0.3, 0.4) is 0 Å². The number of rotatable bonds is 5. The number of halogens is 1. The van der Waals surface area contributed by atoms with E-state index in [-0.39, 0.29) is 12.5 Å². The summed E-state index contributed by atoms with van der Waals surface area (Å²) in [6.07, 6.45) is 0. The lowest BCUT2D eigenvalue weighted by Crippen LogP contribution is -2.33. The topological polar surface area (TPSA) is 40.5 Å². The van der Waals surface area contributed by atoms with E-state index in [1.165, 1.54) is 0 Å². The van der Waals surface area contributed by atoms with Crippen LogP contribution < -0.4 is 0 Å². The van der Waals surface area contributed by atoms with Gasteiger partial charge in [-0.3, -0.25) is 4.79 Å². The van der Waals surface area contributed by atoms with E-state index in [0.29, 0.717) is 18.7 Å². The third kappa shape index (κ3) is 3.93. The molecule has 0 aliphatic rings. The summed E-state index contributed by atoms with van der Waals surface area (Å²) in [5, 5.41) is 9.23. The third-order valence-corrected chi connectivity index (χ3v) is 4.23. The molecule has 0 saturated heterocycles. The van der Waals surface area contributed by atoms with Crippen LogP contribution in [-0.2, 0) is 6.54 Å². The fourth-order valence-electron chi connectivity index (χ4n) is 2.19. The van der Waals surface area contributed by atoms with Crippen molar-refractivity contribution in [1.29, 1.82) is 0 Å². The number of hydrogen-bond donors (Lipinski definition) is 1. The molecule has 0 spiro atoms. The lowest BCUT2D eigenvalue weighted by molar-refractivity contribution is 0.0707. The number of benzene rings is 2. The van der Waals surface area contributed by atoms with Crippen molar-refractivity contribution in [1.82, 2.24) is 4.90 Å². The highest BCUT2D eigenvalue weighted by Crippen LogP contribution is 2.21. The molecule has 1 N–H and O–H groups in total. The lowest BCUT2D eigenvalue weighted by atomic mass is 10.1. The van der Waals surface area contributed by atoms with Crippen LogP contribution in [0.5, 0.6) is 0 Å². The first-order valence-corrected chi connectivity index (χ1v) is 7.62. The van der Waals surface area contributed by atoms with Gasteiger partial charge in [-0.2, -0.15) is 0 Å². The summed E-state index contributed by atoms with van der Waals surface area (Å²) in [4.78, 5) is 14.4. The van der Waals surface area contributed by atoms with Gasteiger partial charge in [-0.05, 0) is 30.2 Å². The molecule has 0 heterocycles. The molecule has 0 aliphatic heterocycles. The molecule has 0 unspecified atom stereocenters. The number of carbonyl (C=O) groups is 1. The second-order valence-electron chi connectivity index (χ2n) is 4.85. The summed E-state index contributed by atoms with van der Waals surface area (Å²) in [7, 11) is 0. The Labute approximate surface area is 133 Å². The fourth-order valence-corrected chi connectivity index (χ4v) is 2.55. The van der Waals surface area contributed by atoms with E-state index < -0.39 is 0 Å². The molecule has 0 saturated carbocycles. The van der Waals surface area contributed by atoms with E-state index in [0.717, 1.165) is 15.6 Å². The summed E-state index contributed by atoms with van der Waals surface area (Å²) in [6, 6.07) is 15.4. The van der Waals surface area contributed by atoms with Gasteiger partial charge in [0.2, 0.25) is 0 Å². The maximum absolute atomic E-state index is 12.7. The van der Waals surface area contributed by atoms with Gasteiger partial charge in [-0.25, -0.2) is 0 Å². The van der Waals surface area contributed by atoms with E-state index in [4.69, 9.17) is 0 Å². The Morgan fingerprint density at radius 2 is 1.86 bits per heavy atom. The lowest BCUT2D eigenvalue weighted by Gasteiger charge is -2.23. The van der Waals surface area contributed by atoms with Gasteiger partial charge in [-0.1, -0.05) is 52.3 Å². The first-order valence-electron chi connectivity index (χ1n) is 6.82. The number of aliphatic hydroxyl groups excluding tert-OH is 1. The van der Waals surface area contributed by atoms with Crippen molar-refractivity contribution in [2.45, 2.75) is 13.5 Å². The maximum atomic E-state index is 12.7. The van der Waals surface area contributed by atoms with Crippen molar-refractivity contribution in [2.24, 2.45) is 0 Å².